The lowest BCUT2D eigenvalue weighted by molar-refractivity contribution is 0.0446. The van der Waals surface area contributed by atoms with Crippen molar-refractivity contribution in [2.24, 2.45) is 5.14 Å². The number of rotatable bonds is 10. The number of nitrogens with two attached hydrogens (primary N) is 1. The highest BCUT2D eigenvalue weighted by Crippen LogP contribution is 2.12. The first-order valence-electron chi connectivity index (χ1n) is 8.11. The minimum absolute atomic E-state index is 0.0499. The standard InChI is InChI=1S/C16H22O6.H3NO3S/c17-9-3-5-11-21-15(19)13-7-1-2-8-14(13)16(20)22-12-6-4-10-18;1-5(2,3)4/h1-2,7-8,17-18H,3-6,9-12H2;(H3,1,2,3,4). The normalized spacial score (nSPS) is 10.5. The fourth-order valence-corrected chi connectivity index (χ4v) is 1.75. The molecule has 0 heterocycles. The molecule has 0 amide bonds. The molecule has 0 spiro atoms. The zero-order valence-corrected chi connectivity index (χ0v) is 15.6. The number of hydrogen-bond donors (Lipinski definition) is 4. The Morgan fingerprint density at radius 3 is 1.48 bits per heavy atom. The number of esters is 2. The number of ether oxygens (including phenoxy) is 2. The van der Waals surface area contributed by atoms with Gasteiger partial charge in [-0.25, -0.2) is 14.7 Å². The van der Waals surface area contributed by atoms with E-state index in [1.165, 1.54) is 12.1 Å². The van der Waals surface area contributed by atoms with E-state index in [0.717, 1.165) is 0 Å². The molecule has 1 rings (SSSR count). The van der Waals surface area contributed by atoms with Crippen molar-refractivity contribution in [3.8, 4) is 0 Å². The average Bonchev–Trinajstić information content (AvgIpc) is 2.60. The van der Waals surface area contributed by atoms with Crippen LogP contribution in [0, 0.1) is 0 Å². The van der Waals surface area contributed by atoms with E-state index in [1.807, 2.05) is 0 Å². The lowest BCUT2D eigenvalue weighted by Crippen LogP contribution is -2.15. The molecule has 0 unspecified atom stereocenters. The molecule has 11 heteroatoms. The molecule has 0 aliphatic heterocycles. The van der Waals surface area contributed by atoms with Crippen LogP contribution in [0.5, 0.6) is 0 Å². The number of carbonyl (C=O) groups is 2. The van der Waals surface area contributed by atoms with Crippen molar-refractivity contribution >= 4 is 22.2 Å². The molecule has 0 radical (unpaired) electrons. The maximum Gasteiger partial charge on any atom is 0.339 e. The van der Waals surface area contributed by atoms with Crippen LogP contribution in [0.1, 0.15) is 46.4 Å². The van der Waals surface area contributed by atoms with Gasteiger partial charge in [0.15, 0.2) is 0 Å². The lowest BCUT2D eigenvalue weighted by Gasteiger charge is -2.09. The van der Waals surface area contributed by atoms with Crippen molar-refractivity contribution < 1.29 is 42.2 Å². The summed E-state index contributed by atoms with van der Waals surface area (Å²) in [5, 5.41) is 21.2. The molecule has 27 heavy (non-hydrogen) atoms. The highest BCUT2D eigenvalue weighted by atomic mass is 32.2. The fourth-order valence-electron chi connectivity index (χ4n) is 1.75. The van der Waals surface area contributed by atoms with Crippen LogP contribution in [0.2, 0.25) is 0 Å². The van der Waals surface area contributed by atoms with Crippen LogP contribution in [-0.2, 0) is 19.8 Å². The van der Waals surface area contributed by atoms with Gasteiger partial charge in [-0.15, -0.1) is 0 Å². The van der Waals surface area contributed by atoms with Gasteiger partial charge in [-0.2, -0.15) is 8.42 Å². The van der Waals surface area contributed by atoms with Gasteiger partial charge in [0.2, 0.25) is 0 Å². The van der Waals surface area contributed by atoms with Crippen LogP contribution >= 0.6 is 0 Å². The molecule has 1 aromatic carbocycles. The average molecular weight is 407 g/mol. The summed E-state index contributed by atoms with van der Waals surface area (Å²) in [6.45, 7) is 0.487. The number of benzene rings is 1. The van der Waals surface area contributed by atoms with E-state index in [-0.39, 0.29) is 37.6 Å². The topological polar surface area (TPSA) is 173 Å². The maximum absolute atomic E-state index is 12.0. The van der Waals surface area contributed by atoms with Crippen LogP contribution in [0.4, 0.5) is 0 Å². The second-order valence-corrected chi connectivity index (χ2v) is 6.22. The van der Waals surface area contributed by atoms with Gasteiger partial charge in [-0.3, -0.25) is 4.55 Å². The molecule has 5 N–H and O–H groups in total. The summed E-state index contributed by atoms with van der Waals surface area (Å²) < 4.78 is 35.3. The Labute approximate surface area is 157 Å². The second-order valence-electron chi connectivity index (χ2n) is 5.19. The third kappa shape index (κ3) is 13.8. The molecule has 154 valence electrons. The van der Waals surface area contributed by atoms with Crippen LogP contribution in [-0.4, -0.2) is 61.5 Å². The van der Waals surface area contributed by atoms with Crippen molar-refractivity contribution in [1.29, 1.82) is 0 Å². The number of carbonyl (C=O) groups excluding carboxylic acids is 2. The Morgan fingerprint density at radius 2 is 1.19 bits per heavy atom. The number of unbranched alkanes of at least 4 members (excludes halogenated alkanes) is 2. The molecule has 0 aromatic heterocycles. The largest absolute Gasteiger partial charge is 0.462 e. The summed E-state index contributed by atoms with van der Waals surface area (Å²) in [6, 6.07) is 6.32. The maximum atomic E-state index is 12.0. The predicted molar refractivity (Wildman–Crippen MR) is 95.4 cm³/mol. The Kier molecular flexibility index (Phi) is 13.0. The predicted octanol–water partition coefficient (Wildman–Crippen LogP) is 0.293. The van der Waals surface area contributed by atoms with Gasteiger partial charge >= 0.3 is 22.2 Å². The minimum atomic E-state index is -4.17. The van der Waals surface area contributed by atoms with Gasteiger partial charge < -0.3 is 19.7 Å². The van der Waals surface area contributed by atoms with Gasteiger partial charge in [-0.1, -0.05) is 12.1 Å². The van der Waals surface area contributed by atoms with Crippen LogP contribution < -0.4 is 5.14 Å². The van der Waals surface area contributed by atoms with Crippen molar-refractivity contribution in [3.05, 3.63) is 35.4 Å². The molecule has 0 bridgehead atoms. The molecule has 10 nitrogen and oxygen atoms in total. The summed E-state index contributed by atoms with van der Waals surface area (Å²) in [7, 11) is -4.17. The minimum Gasteiger partial charge on any atom is -0.462 e. The molecule has 0 atom stereocenters. The van der Waals surface area contributed by atoms with E-state index >= 15 is 0 Å². The highest BCUT2D eigenvalue weighted by Gasteiger charge is 2.18. The summed E-state index contributed by atoms with van der Waals surface area (Å²) in [5.74, 6) is -1.17. The van der Waals surface area contributed by atoms with E-state index in [4.69, 9.17) is 32.7 Å². The first-order chi connectivity index (χ1) is 12.7. The highest BCUT2D eigenvalue weighted by molar-refractivity contribution is 7.83. The lowest BCUT2D eigenvalue weighted by atomic mass is 10.1. The summed E-state index contributed by atoms with van der Waals surface area (Å²) in [5.41, 5.74) is 0.331. The molecule has 0 aliphatic carbocycles. The third-order valence-electron chi connectivity index (χ3n) is 2.94. The molecule has 0 aliphatic rings. The van der Waals surface area contributed by atoms with E-state index in [9.17, 15) is 9.59 Å². The van der Waals surface area contributed by atoms with Crippen LogP contribution in [0.15, 0.2) is 24.3 Å². The van der Waals surface area contributed by atoms with Gasteiger partial charge in [-0.05, 0) is 37.8 Å². The molecule has 0 saturated carbocycles. The van der Waals surface area contributed by atoms with E-state index in [2.05, 4.69) is 5.14 Å². The number of aliphatic hydroxyl groups excluding tert-OH is 2. The Morgan fingerprint density at radius 1 is 0.852 bits per heavy atom. The van der Waals surface area contributed by atoms with Gasteiger partial charge in [0.05, 0.1) is 24.3 Å². The summed E-state index contributed by atoms with van der Waals surface area (Å²) in [4.78, 5) is 24.0. The van der Waals surface area contributed by atoms with E-state index in [0.29, 0.717) is 25.7 Å². The molecule has 0 fully saturated rings. The zero-order chi connectivity index (χ0) is 20.7. The summed E-state index contributed by atoms with van der Waals surface area (Å²) >= 11 is 0. The first kappa shape index (κ1) is 24.9. The Hall–Kier alpha value is -2.05. The van der Waals surface area contributed by atoms with Crippen molar-refractivity contribution in [3.63, 3.8) is 0 Å². The molecule has 0 saturated heterocycles. The number of aliphatic hydroxyl groups is 2. The molecule has 1 aromatic rings. The first-order valence-corrected chi connectivity index (χ1v) is 9.61. The van der Waals surface area contributed by atoms with Crippen molar-refractivity contribution in [2.45, 2.75) is 25.7 Å². The van der Waals surface area contributed by atoms with Crippen LogP contribution in [0.25, 0.3) is 0 Å². The molecular formula is C16H25NO9S. The monoisotopic (exact) mass is 407 g/mol. The van der Waals surface area contributed by atoms with Gasteiger partial charge in [0.1, 0.15) is 0 Å². The van der Waals surface area contributed by atoms with Crippen molar-refractivity contribution in [1.82, 2.24) is 0 Å². The van der Waals surface area contributed by atoms with E-state index in [1.54, 1.807) is 12.1 Å². The van der Waals surface area contributed by atoms with Crippen LogP contribution in [0.3, 0.4) is 0 Å². The zero-order valence-electron chi connectivity index (χ0n) is 14.7. The SMILES string of the molecule is NS(=O)(=O)O.O=C(OCCCCO)c1ccccc1C(=O)OCCCCO. The summed E-state index contributed by atoms with van der Waals surface area (Å²) in [6.07, 6.45) is 2.25. The molecular weight excluding hydrogens is 382 g/mol. The van der Waals surface area contributed by atoms with E-state index < -0.39 is 22.2 Å². The second kappa shape index (κ2) is 14.1. The Balaban J connectivity index is 0.00000119. The third-order valence-corrected chi connectivity index (χ3v) is 2.94. The smallest absolute Gasteiger partial charge is 0.339 e. The van der Waals surface area contributed by atoms with Gasteiger partial charge in [0.25, 0.3) is 0 Å². The fraction of sp³-hybridized carbons (Fsp3) is 0.500. The van der Waals surface area contributed by atoms with Crippen molar-refractivity contribution in [2.75, 3.05) is 26.4 Å². The Bertz CT molecular complexity index is 625. The van der Waals surface area contributed by atoms with Gasteiger partial charge in [0, 0.05) is 13.2 Å². The number of hydrogen-bond acceptors (Lipinski definition) is 8. The quantitative estimate of drug-likeness (QED) is 0.241.